The van der Waals surface area contributed by atoms with Crippen LogP contribution >= 0.6 is 0 Å². The van der Waals surface area contributed by atoms with E-state index in [1.54, 1.807) is 0 Å². The van der Waals surface area contributed by atoms with Crippen LogP contribution in [-0.4, -0.2) is 21.2 Å². The van der Waals surface area contributed by atoms with Crippen LogP contribution in [0.3, 0.4) is 0 Å². The van der Waals surface area contributed by atoms with Crippen LogP contribution < -0.4 is 0 Å². The molecule has 2 aromatic heterocycles. The van der Waals surface area contributed by atoms with Crippen molar-refractivity contribution in [3.05, 3.63) is 48.7 Å². The second kappa shape index (κ2) is 7.21. The number of allylic oxidation sites excluding steroid dienone is 2. The molecule has 3 rings (SSSR count). The van der Waals surface area contributed by atoms with E-state index in [-0.39, 0.29) is 0 Å². The van der Waals surface area contributed by atoms with Gasteiger partial charge in [0.25, 0.3) is 0 Å². The van der Waals surface area contributed by atoms with Crippen LogP contribution in [0.2, 0.25) is 0 Å². The average Bonchev–Trinajstić information content (AvgIpc) is 3.26. The van der Waals surface area contributed by atoms with Crippen molar-refractivity contribution in [1.82, 2.24) is 15.0 Å². The fourth-order valence-electron chi connectivity index (χ4n) is 3.44. The molecule has 23 heavy (non-hydrogen) atoms. The second-order valence-corrected chi connectivity index (χ2v) is 6.06. The molecule has 0 spiro atoms. The zero-order valence-electron chi connectivity index (χ0n) is 13.3. The highest BCUT2D eigenvalue weighted by molar-refractivity contribution is 6.11. The molecule has 0 aliphatic heterocycles. The number of nitrogens with zero attached hydrogens (tertiary/aromatic N) is 2. The van der Waals surface area contributed by atoms with Crippen LogP contribution in [0.4, 0.5) is 0 Å². The normalized spacial score (nSPS) is 16.0. The smallest absolute Gasteiger partial charge is 0.141 e. The number of H-pyrrole nitrogens is 1. The molecule has 2 N–H and O–H groups in total. The zero-order valence-corrected chi connectivity index (χ0v) is 13.3. The Morgan fingerprint density at radius 2 is 2.26 bits per heavy atom. The molecule has 118 valence electrons. The third kappa shape index (κ3) is 3.33. The van der Waals surface area contributed by atoms with Gasteiger partial charge < -0.3 is 10.4 Å². The van der Waals surface area contributed by atoms with Crippen molar-refractivity contribution in [1.29, 1.82) is 5.41 Å². The fourth-order valence-corrected chi connectivity index (χ4v) is 3.44. The maximum Gasteiger partial charge on any atom is 0.141 e. The molecule has 0 saturated heterocycles. The topological polar surface area (TPSA) is 65.4 Å². The lowest BCUT2D eigenvalue weighted by molar-refractivity contribution is 0.409. The number of aromatic nitrogens is 3. The first-order valence-electron chi connectivity index (χ1n) is 8.20. The van der Waals surface area contributed by atoms with Crippen molar-refractivity contribution in [3.8, 4) is 0 Å². The molecule has 4 heteroatoms. The summed E-state index contributed by atoms with van der Waals surface area (Å²) < 4.78 is 0. The summed E-state index contributed by atoms with van der Waals surface area (Å²) >= 11 is 0. The summed E-state index contributed by atoms with van der Waals surface area (Å²) in [5, 5.41) is 8.67. The fraction of sp³-hybridized carbons (Fsp3) is 0.368. The monoisotopic (exact) mass is 306 g/mol. The summed E-state index contributed by atoms with van der Waals surface area (Å²) in [6.07, 6.45) is 15.0. The van der Waals surface area contributed by atoms with Gasteiger partial charge in [-0.2, -0.15) is 0 Å². The van der Waals surface area contributed by atoms with Crippen LogP contribution in [0.15, 0.2) is 43.1 Å². The molecule has 0 amide bonds. The molecule has 4 nitrogen and oxygen atoms in total. The highest BCUT2D eigenvalue weighted by Gasteiger charge is 2.22. The van der Waals surface area contributed by atoms with Gasteiger partial charge in [-0.05, 0) is 43.2 Å². The van der Waals surface area contributed by atoms with Gasteiger partial charge in [0, 0.05) is 17.8 Å². The molecule has 2 heterocycles. The van der Waals surface area contributed by atoms with E-state index in [1.807, 2.05) is 18.3 Å². The quantitative estimate of drug-likeness (QED) is 0.468. The Morgan fingerprint density at radius 3 is 3.00 bits per heavy atom. The second-order valence-electron chi connectivity index (χ2n) is 6.06. The molecule has 1 unspecified atom stereocenters. The van der Waals surface area contributed by atoms with E-state index in [4.69, 9.17) is 5.41 Å². The molecule has 0 bridgehead atoms. The number of nitrogens with one attached hydrogen (secondary N) is 2. The molecule has 1 aliphatic carbocycles. The predicted octanol–water partition coefficient (Wildman–Crippen LogP) is 4.53. The molecule has 0 radical (unpaired) electrons. The molecule has 1 saturated carbocycles. The Bertz CT molecular complexity index is 759. The number of hydrogen-bond donors (Lipinski definition) is 2. The van der Waals surface area contributed by atoms with Crippen LogP contribution in [0.25, 0.3) is 16.6 Å². The lowest BCUT2D eigenvalue weighted by Crippen LogP contribution is -2.07. The molecular weight excluding hydrogens is 284 g/mol. The van der Waals surface area contributed by atoms with E-state index < -0.39 is 0 Å². The highest BCUT2D eigenvalue weighted by atomic mass is 14.9. The predicted molar refractivity (Wildman–Crippen MR) is 94.4 cm³/mol. The standard InChI is InChI=1S/C19H22N4/c1-2-5-14(15-6-3-4-7-15)8-9-16(12-20)18-17-10-11-21-19(17)23-13-22-18/h2,8,10-15,20H,1,3-7H2,(H,21,22,23). The Balaban J connectivity index is 1.97. The van der Waals surface area contributed by atoms with Gasteiger partial charge in [0.1, 0.15) is 12.0 Å². The maximum absolute atomic E-state index is 7.75. The molecule has 0 aromatic carbocycles. The molecule has 1 aliphatic rings. The van der Waals surface area contributed by atoms with Gasteiger partial charge in [-0.15, -0.1) is 12.3 Å². The molecule has 1 atom stereocenters. The summed E-state index contributed by atoms with van der Waals surface area (Å²) in [4.78, 5) is 11.6. The summed E-state index contributed by atoms with van der Waals surface area (Å²) in [6, 6.07) is 1.94. The first kappa shape index (κ1) is 15.4. The summed E-state index contributed by atoms with van der Waals surface area (Å²) in [5.74, 6) is 1.17. The minimum atomic E-state index is 0.452. The lowest BCUT2D eigenvalue weighted by Gasteiger charge is -2.17. The van der Waals surface area contributed by atoms with Crippen LogP contribution in [0.5, 0.6) is 0 Å². The Morgan fingerprint density at radius 1 is 1.43 bits per heavy atom. The highest BCUT2D eigenvalue weighted by Crippen LogP contribution is 2.34. The number of aromatic amines is 1. The molecule has 2 aromatic rings. The summed E-state index contributed by atoms with van der Waals surface area (Å²) in [7, 11) is 0. The maximum atomic E-state index is 7.75. The first-order valence-corrected chi connectivity index (χ1v) is 8.20. The first-order chi connectivity index (χ1) is 11.3. The Kier molecular flexibility index (Phi) is 4.84. The Hall–Kier alpha value is -2.45. The van der Waals surface area contributed by atoms with Gasteiger partial charge in [-0.3, -0.25) is 0 Å². The van der Waals surface area contributed by atoms with Gasteiger partial charge in [-0.1, -0.05) is 18.9 Å². The van der Waals surface area contributed by atoms with Crippen molar-refractivity contribution in [3.63, 3.8) is 0 Å². The summed E-state index contributed by atoms with van der Waals surface area (Å²) in [5.41, 5.74) is 5.57. The number of rotatable bonds is 6. The number of hydrogen-bond acceptors (Lipinski definition) is 3. The van der Waals surface area contributed by atoms with Gasteiger partial charge in [0.2, 0.25) is 0 Å². The van der Waals surface area contributed by atoms with E-state index in [0.717, 1.165) is 23.1 Å². The van der Waals surface area contributed by atoms with E-state index in [1.165, 1.54) is 38.2 Å². The molecular formula is C19H22N4. The van der Waals surface area contributed by atoms with Crippen molar-refractivity contribution in [2.24, 2.45) is 11.8 Å². The minimum absolute atomic E-state index is 0.452. The SMILES string of the molecule is C=CCC(C=C=C(C=N)c1ncnc2[nH]ccc12)C1CCCC1. The van der Waals surface area contributed by atoms with Crippen molar-refractivity contribution in [2.75, 3.05) is 0 Å². The van der Waals surface area contributed by atoms with Crippen molar-refractivity contribution >= 4 is 22.8 Å². The van der Waals surface area contributed by atoms with Crippen molar-refractivity contribution in [2.45, 2.75) is 32.1 Å². The van der Waals surface area contributed by atoms with E-state index in [0.29, 0.717) is 17.4 Å². The zero-order chi connectivity index (χ0) is 16.1. The van der Waals surface area contributed by atoms with Gasteiger partial charge in [0.15, 0.2) is 0 Å². The van der Waals surface area contributed by atoms with E-state index in [9.17, 15) is 0 Å². The largest absolute Gasteiger partial charge is 0.346 e. The Labute approximate surface area is 136 Å². The van der Waals surface area contributed by atoms with Crippen molar-refractivity contribution < 1.29 is 0 Å². The van der Waals surface area contributed by atoms with Gasteiger partial charge in [0.05, 0.1) is 11.3 Å². The third-order valence-electron chi connectivity index (χ3n) is 4.65. The van der Waals surface area contributed by atoms with Crippen LogP contribution in [0.1, 0.15) is 37.8 Å². The average molecular weight is 306 g/mol. The van der Waals surface area contributed by atoms with Gasteiger partial charge >= 0.3 is 0 Å². The lowest BCUT2D eigenvalue weighted by atomic mass is 9.88. The van der Waals surface area contributed by atoms with Crippen LogP contribution in [0, 0.1) is 17.2 Å². The number of fused-ring (bicyclic) bond motifs is 1. The van der Waals surface area contributed by atoms with Gasteiger partial charge in [-0.25, -0.2) is 9.97 Å². The minimum Gasteiger partial charge on any atom is -0.346 e. The van der Waals surface area contributed by atoms with Crippen LogP contribution in [-0.2, 0) is 0 Å². The van der Waals surface area contributed by atoms with E-state index in [2.05, 4.69) is 33.3 Å². The van der Waals surface area contributed by atoms with E-state index >= 15 is 0 Å². The third-order valence-corrected chi connectivity index (χ3v) is 4.65. The molecule has 1 fully saturated rings. The summed E-state index contributed by atoms with van der Waals surface area (Å²) in [6.45, 7) is 3.89.